The Morgan fingerprint density at radius 3 is 2.67 bits per heavy atom. The number of nitrogens with one attached hydrogen (secondary N) is 1. The van der Waals surface area contributed by atoms with Crippen molar-refractivity contribution in [3.63, 3.8) is 0 Å². The van der Waals surface area contributed by atoms with Crippen LogP contribution in [0.4, 0.5) is 0 Å². The molecule has 1 N–H and O–H groups in total. The van der Waals surface area contributed by atoms with Crippen molar-refractivity contribution in [2.24, 2.45) is 5.92 Å². The van der Waals surface area contributed by atoms with E-state index in [9.17, 15) is 10.1 Å². The smallest absolute Gasteiger partial charge is 0.234 e. The van der Waals surface area contributed by atoms with Gasteiger partial charge in [-0.3, -0.25) is 4.79 Å². The molecule has 1 amide bonds. The third-order valence-corrected chi connectivity index (χ3v) is 5.45. The molecule has 0 aliphatic rings. The van der Waals surface area contributed by atoms with E-state index in [1.165, 1.54) is 11.8 Å². The summed E-state index contributed by atoms with van der Waals surface area (Å²) in [6, 6.07) is 10.2. The number of nitriles is 1. The van der Waals surface area contributed by atoms with Gasteiger partial charge in [0, 0.05) is 6.54 Å². The summed E-state index contributed by atoms with van der Waals surface area (Å²) in [5.41, 5.74) is 1.13. The lowest BCUT2D eigenvalue weighted by atomic mass is 9.90. The highest BCUT2D eigenvalue weighted by Crippen LogP contribution is 2.28. The van der Waals surface area contributed by atoms with E-state index in [4.69, 9.17) is 0 Å². The molecule has 0 aliphatic heterocycles. The molecule has 2 rings (SSSR count). The van der Waals surface area contributed by atoms with Gasteiger partial charge in [-0.2, -0.15) is 5.26 Å². The maximum Gasteiger partial charge on any atom is 0.234 e. The van der Waals surface area contributed by atoms with Crippen molar-refractivity contribution in [3.8, 4) is 6.07 Å². The van der Waals surface area contributed by atoms with Crippen LogP contribution < -0.4 is 5.32 Å². The Morgan fingerprint density at radius 2 is 2.08 bits per heavy atom. The molecular formula is C18H24N4OS. The number of carbonyl (C=O) groups excluding carboxylic acids is 1. The molecule has 2 aromatic rings. The molecule has 0 bridgehead atoms. The van der Waals surface area contributed by atoms with E-state index in [0.29, 0.717) is 0 Å². The van der Waals surface area contributed by atoms with Crippen molar-refractivity contribution in [2.75, 3.05) is 0 Å². The molecule has 2 atom stereocenters. The molecular weight excluding hydrogens is 320 g/mol. The Bertz CT molecular complexity index is 777. The Balaban J connectivity index is 2.19. The second-order valence-electron chi connectivity index (χ2n) is 6.35. The molecule has 1 heterocycles. The van der Waals surface area contributed by atoms with Crippen molar-refractivity contribution in [1.29, 1.82) is 5.26 Å². The van der Waals surface area contributed by atoms with Gasteiger partial charge in [0.25, 0.3) is 0 Å². The zero-order valence-electron chi connectivity index (χ0n) is 14.8. The van der Waals surface area contributed by atoms with E-state index in [0.717, 1.165) is 22.7 Å². The number of thioether (sulfide) groups is 1. The second-order valence-corrected chi connectivity index (χ2v) is 7.65. The number of imidazole rings is 1. The molecule has 128 valence electrons. The molecule has 6 heteroatoms. The summed E-state index contributed by atoms with van der Waals surface area (Å²) in [5, 5.41) is 12.7. The summed E-state index contributed by atoms with van der Waals surface area (Å²) in [6.07, 6.45) is 0. The summed E-state index contributed by atoms with van der Waals surface area (Å²) in [6.45, 7) is 10.3. The fraction of sp³-hybridized carbons (Fsp3) is 0.500. The summed E-state index contributed by atoms with van der Waals surface area (Å²) in [5.74, 6) is -0.115. The lowest BCUT2D eigenvalue weighted by Crippen LogP contribution is -2.51. The fourth-order valence-corrected chi connectivity index (χ4v) is 3.31. The monoisotopic (exact) mass is 344 g/mol. The number of para-hydroxylation sites is 2. The van der Waals surface area contributed by atoms with Crippen LogP contribution in [0.1, 0.15) is 34.6 Å². The van der Waals surface area contributed by atoms with Crippen molar-refractivity contribution in [3.05, 3.63) is 24.3 Å². The van der Waals surface area contributed by atoms with E-state index < -0.39 is 5.54 Å². The molecule has 0 saturated heterocycles. The molecule has 2 unspecified atom stereocenters. The van der Waals surface area contributed by atoms with Crippen LogP contribution >= 0.6 is 11.8 Å². The molecule has 0 fully saturated rings. The minimum Gasteiger partial charge on any atom is -0.337 e. The number of hydrogen-bond acceptors (Lipinski definition) is 4. The first-order valence-electron chi connectivity index (χ1n) is 8.17. The maximum absolute atomic E-state index is 12.5. The number of amides is 1. The van der Waals surface area contributed by atoms with Gasteiger partial charge in [0.2, 0.25) is 5.91 Å². The van der Waals surface area contributed by atoms with Crippen LogP contribution in [0.15, 0.2) is 29.4 Å². The van der Waals surface area contributed by atoms with Gasteiger partial charge in [-0.1, -0.05) is 37.7 Å². The van der Waals surface area contributed by atoms with Crippen LogP contribution in [0.5, 0.6) is 0 Å². The third kappa shape index (κ3) is 3.57. The highest BCUT2D eigenvalue weighted by atomic mass is 32.2. The van der Waals surface area contributed by atoms with Crippen LogP contribution in [-0.4, -0.2) is 26.2 Å². The van der Waals surface area contributed by atoms with Crippen molar-refractivity contribution >= 4 is 28.7 Å². The zero-order valence-corrected chi connectivity index (χ0v) is 15.6. The number of hydrogen-bond donors (Lipinski definition) is 1. The predicted octanol–water partition coefficient (Wildman–Crippen LogP) is 3.59. The van der Waals surface area contributed by atoms with E-state index >= 15 is 0 Å². The SMILES string of the molecule is CCn1c(SC(C)C(=O)NC(C)(C#N)C(C)C)nc2ccccc21. The molecule has 24 heavy (non-hydrogen) atoms. The molecule has 0 aliphatic carbocycles. The summed E-state index contributed by atoms with van der Waals surface area (Å²) in [4.78, 5) is 17.2. The first-order valence-corrected chi connectivity index (χ1v) is 9.05. The van der Waals surface area contributed by atoms with Crippen molar-refractivity contribution < 1.29 is 4.79 Å². The zero-order chi connectivity index (χ0) is 17.9. The van der Waals surface area contributed by atoms with Gasteiger partial charge in [0.1, 0.15) is 5.54 Å². The van der Waals surface area contributed by atoms with Crippen LogP contribution in [0.25, 0.3) is 11.0 Å². The van der Waals surface area contributed by atoms with Gasteiger partial charge >= 0.3 is 0 Å². The average Bonchev–Trinajstić information content (AvgIpc) is 2.91. The van der Waals surface area contributed by atoms with E-state index in [1.807, 2.05) is 45.0 Å². The normalized spacial score (nSPS) is 15.0. The van der Waals surface area contributed by atoms with E-state index in [2.05, 4.69) is 27.9 Å². The number of nitrogens with zero attached hydrogens (tertiary/aromatic N) is 3. The first kappa shape index (κ1) is 18.3. The number of carbonyl (C=O) groups is 1. The number of rotatable bonds is 6. The Kier molecular flexibility index (Phi) is 5.55. The molecule has 0 radical (unpaired) electrons. The highest BCUT2D eigenvalue weighted by Gasteiger charge is 2.32. The molecule has 0 saturated carbocycles. The molecule has 5 nitrogen and oxygen atoms in total. The molecule has 1 aromatic heterocycles. The lowest BCUT2D eigenvalue weighted by molar-refractivity contribution is -0.121. The summed E-state index contributed by atoms with van der Waals surface area (Å²) < 4.78 is 2.11. The standard InChI is InChI=1S/C18H24N4OS/c1-6-22-15-10-8-7-9-14(15)20-17(22)24-13(4)16(23)21-18(5,11-19)12(2)3/h7-10,12-13H,6H2,1-5H3,(H,21,23). The van der Waals surface area contributed by atoms with Crippen LogP contribution in [0.2, 0.25) is 0 Å². The fourth-order valence-electron chi connectivity index (χ4n) is 2.32. The highest BCUT2D eigenvalue weighted by molar-refractivity contribution is 8.00. The minimum absolute atomic E-state index is 0.0314. The van der Waals surface area contributed by atoms with Gasteiger partial charge in [0.15, 0.2) is 5.16 Å². The summed E-state index contributed by atoms with van der Waals surface area (Å²) in [7, 11) is 0. The number of fused-ring (bicyclic) bond motifs is 1. The molecule has 0 spiro atoms. The topological polar surface area (TPSA) is 70.7 Å². The van der Waals surface area contributed by atoms with Gasteiger partial charge in [-0.05, 0) is 38.8 Å². The number of aromatic nitrogens is 2. The first-order chi connectivity index (χ1) is 11.3. The average molecular weight is 344 g/mol. The second kappa shape index (κ2) is 7.27. The maximum atomic E-state index is 12.5. The van der Waals surface area contributed by atoms with E-state index in [1.54, 1.807) is 6.92 Å². The largest absolute Gasteiger partial charge is 0.337 e. The Labute approximate surface area is 147 Å². The van der Waals surface area contributed by atoms with Crippen LogP contribution in [0.3, 0.4) is 0 Å². The molecule has 1 aromatic carbocycles. The van der Waals surface area contributed by atoms with Gasteiger partial charge < -0.3 is 9.88 Å². The van der Waals surface area contributed by atoms with E-state index in [-0.39, 0.29) is 17.1 Å². The van der Waals surface area contributed by atoms with Gasteiger partial charge in [-0.15, -0.1) is 0 Å². The van der Waals surface area contributed by atoms with Crippen molar-refractivity contribution in [1.82, 2.24) is 14.9 Å². The lowest BCUT2D eigenvalue weighted by Gasteiger charge is -2.28. The van der Waals surface area contributed by atoms with Crippen LogP contribution in [-0.2, 0) is 11.3 Å². The number of benzene rings is 1. The van der Waals surface area contributed by atoms with Crippen LogP contribution in [0, 0.1) is 17.2 Å². The van der Waals surface area contributed by atoms with Crippen molar-refractivity contribution in [2.45, 2.75) is 57.1 Å². The van der Waals surface area contributed by atoms with Gasteiger partial charge in [-0.25, -0.2) is 4.98 Å². The Hall–Kier alpha value is -2.00. The van der Waals surface area contributed by atoms with Gasteiger partial charge in [0.05, 0.1) is 22.4 Å². The Morgan fingerprint density at radius 1 is 1.42 bits per heavy atom. The number of aryl methyl sites for hydroxylation is 1. The third-order valence-electron chi connectivity index (χ3n) is 4.36. The quantitative estimate of drug-likeness (QED) is 0.813. The summed E-state index contributed by atoms with van der Waals surface area (Å²) >= 11 is 1.42. The predicted molar refractivity (Wildman–Crippen MR) is 97.7 cm³/mol. The minimum atomic E-state index is -0.864.